The highest BCUT2D eigenvalue weighted by atomic mass is 32.2. The van der Waals surface area contributed by atoms with Crippen LogP contribution < -0.4 is 4.74 Å². The zero-order valence-corrected chi connectivity index (χ0v) is 15.1. The Labute approximate surface area is 147 Å². The summed E-state index contributed by atoms with van der Waals surface area (Å²) in [5.74, 6) is 0.0434. The number of hydrogen-bond donors (Lipinski definition) is 0. The molecule has 2 rings (SSSR count). The average molecular weight is 365 g/mol. The Balaban J connectivity index is 2.07. The second-order valence-corrected chi connectivity index (χ2v) is 8.13. The number of nitrogens with zero attached hydrogens (tertiary/aromatic N) is 1. The second kappa shape index (κ2) is 7.65. The van der Waals surface area contributed by atoms with Crippen LogP contribution in [0.15, 0.2) is 48.5 Å². The molecule has 1 unspecified atom stereocenters. The van der Waals surface area contributed by atoms with E-state index in [2.05, 4.69) is 0 Å². The topological polar surface area (TPSA) is 63.7 Å². The molecule has 134 valence electrons. The fourth-order valence-corrected chi connectivity index (χ4v) is 3.39. The van der Waals surface area contributed by atoms with E-state index in [9.17, 15) is 17.6 Å². The summed E-state index contributed by atoms with van der Waals surface area (Å²) in [6, 6.07) is 11.7. The Morgan fingerprint density at radius 2 is 1.80 bits per heavy atom. The van der Waals surface area contributed by atoms with Crippen molar-refractivity contribution in [3.8, 4) is 11.5 Å². The van der Waals surface area contributed by atoms with Gasteiger partial charge in [0.2, 0.25) is 0 Å². The van der Waals surface area contributed by atoms with E-state index in [4.69, 9.17) is 4.74 Å². The number of ether oxygens (including phenoxy) is 1. The van der Waals surface area contributed by atoms with Gasteiger partial charge in [-0.05, 0) is 43.3 Å². The summed E-state index contributed by atoms with van der Waals surface area (Å²) in [4.78, 5) is 13.8. The molecule has 0 bridgehead atoms. The molecular formula is C18H20FNO4S. The van der Waals surface area contributed by atoms with Crippen LogP contribution in [0, 0.1) is 5.82 Å². The van der Waals surface area contributed by atoms with Crippen LogP contribution in [-0.2, 0) is 9.84 Å². The van der Waals surface area contributed by atoms with Gasteiger partial charge in [0.05, 0.1) is 5.75 Å². The van der Waals surface area contributed by atoms with Crippen molar-refractivity contribution in [2.75, 3.05) is 19.1 Å². The average Bonchev–Trinajstić information content (AvgIpc) is 2.52. The van der Waals surface area contributed by atoms with Crippen LogP contribution in [0.1, 0.15) is 17.3 Å². The van der Waals surface area contributed by atoms with Gasteiger partial charge in [0.25, 0.3) is 5.91 Å². The largest absolute Gasteiger partial charge is 0.457 e. The molecular weight excluding hydrogens is 345 g/mol. The number of halogens is 1. The van der Waals surface area contributed by atoms with Crippen molar-refractivity contribution < 1.29 is 22.3 Å². The third kappa shape index (κ3) is 5.56. The van der Waals surface area contributed by atoms with Crippen LogP contribution >= 0.6 is 0 Å². The lowest BCUT2D eigenvalue weighted by Gasteiger charge is -2.24. The quantitative estimate of drug-likeness (QED) is 0.789. The first kappa shape index (κ1) is 18.9. The first-order chi connectivity index (χ1) is 11.7. The van der Waals surface area contributed by atoms with E-state index in [1.165, 1.54) is 17.0 Å². The van der Waals surface area contributed by atoms with Gasteiger partial charge in [-0.15, -0.1) is 0 Å². The number of hydrogen-bond acceptors (Lipinski definition) is 4. The molecule has 2 aromatic rings. The highest BCUT2D eigenvalue weighted by Gasteiger charge is 2.20. The van der Waals surface area contributed by atoms with Crippen molar-refractivity contribution in [3.63, 3.8) is 0 Å². The van der Waals surface area contributed by atoms with Gasteiger partial charge >= 0.3 is 0 Å². The molecule has 0 aliphatic rings. The highest BCUT2D eigenvalue weighted by Crippen LogP contribution is 2.22. The minimum Gasteiger partial charge on any atom is -0.457 e. The number of carbonyl (C=O) groups is 1. The summed E-state index contributed by atoms with van der Waals surface area (Å²) in [6.07, 6.45) is 1.14. The molecule has 0 spiro atoms. The molecule has 7 heteroatoms. The molecule has 1 atom stereocenters. The zero-order chi connectivity index (χ0) is 18.6. The molecule has 0 aromatic heterocycles. The van der Waals surface area contributed by atoms with Gasteiger partial charge in [-0.3, -0.25) is 4.79 Å². The summed E-state index contributed by atoms with van der Waals surface area (Å²) in [5, 5.41) is 0. The predicted molar refractivity (Wildman–Crippen MR) is 94.2 cm³/mol. The van der Waals surface area contributed by atoms with Gasteiger partial charge in [0.1, 0.15) is 27.2 Å². The monoisotopic (exact) mass is 365 g/mol. The summed E-state index contributed by atoms with van der Waals surface area (Å²) >= 11 is 0. The van der Waals surface area contributed by atoms with Crippen LogP contribution in [0.5, 0.6) is 11.5 Å². The van der Waals surface area contributed by atoms with Crippen LogP contribution in [0.25, 0.3) is 0 Å². The molecule has 0 fully saturated rings. The van der Waals surface area contributed by atoms with Crippen LogP contribution in [0.3, 0.4) is 0 Å². The Hall–Kier alpha value is -2.41. The van der Waals surface area contributed by atoms with Crippen molar-refractivity contribution in [1.29, 1.82) is 0 Å². The van der Waals surface area contributed by atoms with E-state index in [-0.39, 0.29) is 11.7 Å². The maximum atomic E-state index is 13.1. The summed E-state index contributed by atoms with van der Waals surface area (Å²) < 4.78 is 41.4. The molecule has 1 amide bonds. The first-order valence-electron chi connectivity index (χ1n) is 7.64. The van der Waals surface area contributed by atoms with Crippen LogP contribution in [0.2, 0.25) is 0 Å². The lowest BCUT2D eigenvalue weighted by atomic mass is 10.1. The van der Waals surface area contributed by atoms with Crippen molar-refractivity contribution >= 4 is 15.7 Å². The smallest absolute Gasteiger partial charge is 0.253 e. The fraction of sp³-hybridized carbons (Fsp3) is 0.278. The normalized spacial score (nSPS) is 12.5. The van der Waals surface area contributed by atoms with E-state index in [0.717, 1.165) is 6.26 Å². The van der Waals surface area contributed by atoms with E-state index in [1.54, 1.807) is 50.4 Å². The maximum absolute atomic E-state index is 13.1. The molecule has 0 aliphatic heterocycles. The van der Waals surface area contributed by atoms with Crippen molar-refractivity contribution in [2.24, 2.45) is 0 Å². The zero-order valence-electron chi connectivity index (χ0n) is 14.3. The van der Waals surface area contributed by atoms with E-state index < -0.39 is 21.7 Å². The molecule has 0 saturated carbocycles. The lowest BCUT2D eigenvalue weighted by Crippen LogP contribution is -2.39. The van der Waals surface area contributed by atoms with Crippen molar-refractivity contribution in [2.45, 2.75) is 13.0 Å². The molecule has 0 heterocycles. The third-order valence-corrected chi connectivity index (χ3v) is 4.75. The van der Waals surface area contributed by atoms with Gasteiger partial charge in [0, 0.05) is 31.0 Å². The number of benzene rings is 2. The molecule has 0 saturated heterocycles. The van der Waals surface area contributed by atoms with Crippen LogP contribution in [-0.4, -0.2) is 44.3 Å². The van der Waals surface area contributed by atoms with Crippen molar-refractivity contribution in [1.82, 2.24) is 4.90 Å². The number of carbonyl (C=O) groups excluding carboxylic acids is 1. The molecule has 0 N–H and O–H groups in total. The van der Waals surface area contributed by atoms with E-state index in [0.29, 0.717) is 17.1 Å². The Kier molecular flexibility index (Phi) is 5.79. The van der Waals surface area contributed by atoms with Crippen molar-refractivity contribution in [3.05, 3.63) is 59.9 Å². The molecule has 0 radical (unpaired) electrons. The van der Waals surface area contributed by atoms with Gasteiger partial charge in [-0.2, -0.15) is 0 Å². The predicted octanol–water partition coefficient (Wildman–Crippen LogP) is 3.12. The molecule has 5 nitrogen and oxygen atoms in total. The minimum absolute atomic E-state index is 0.101. The van der Waals surface area contributed by atoms with E-state index in [1.807, 2.05) is 0 Å². The van der Waals surface area contributed by atoms with E-state index >= 15 is 0 Å². The minimum atomic E-state index is -3.17. The van der Waals surface area contributed by atoms with Gasteiger partial charge in [-0.1, -0.05) is 6.07 Å². The number of rotatable bonds is 6. The lowest BCUT2D eigenvalue weighted by molar-refractivity contribution is 0.0757. The number of amides is 1. The summed E-state index contributed by atoms with van der Waals surface area (Å²) in [6.45, 7) is 1.68. The second-order valence-electron chi connectivity index (χ2n) is 5.94. The fourth-order valence-electron chi connectivity index (χ4n) is 2.29. The molecule has 2 aromatic carbocycles. The SMILES string of the molecule is CC(CS(C)(=O)=O)N(C)C(=O)c1ccc(Oc2cccc(F)c2)cc1. The maximum Gasteiger partial charge on any atom is 0.253 e. The standard InChI is InChI=1S/C18H20FNO4S/c1-13(12-25(3,22)23)20(2)18(21)14-7-9-16(10-8-14)24-17-6-4-5-15(19)11-17/h4-11,13H,12H2,1-3H3. The summed E-state index contributed by atoms with van der Waals surface area (Å²) in [5.41, 5.74) is 0.412. The van der Waals surface area contributed by atoms with Gasteiger partial charge < -0.3 is 9.64 Å². The molecule has 0 aliphatic carbocycles. The molecule has 25 heavy (non-hydrogen) atoms. The Bertz CT molecular complexity index is 850. The highest BCUT2D eigenvalue weighted by molar-refractivity contribution is 7.90. The summed E-state index contributed by atoms with van der Waals surface area (Å²) in [7, 11) is -1.61. The Morgan fingerprint density at radius 1 is 1.16 bits per heavy atom. The third-order valence-electron chi connectivity index (χ3n) is 3.66. The van der Waals surface area contributed by atoms with Crippen LogP contribution in [0.4, 0.5) is 4.39 Å². The number of sulfone groups is 1. The Morgan fingerprint density at radius 3 is 2.36 bits per heavy atom. The first-order valence-corrected chi connectivity index (χ1v) is 9.70. The van der Waals surface area contributed by atoms with Gasteiger partial charge in [0.15, 0.2) is 0 Å². The van der Waals surface area contributed by atoms with Gasteiger partial charge in [-0.25, -0.2) is 12.8 Å².